The van der Waals surface area contributed by atoms with Crippen LogP contribution < -0.4 is 9.47 Å². The van der Waals surface area contributed by atoms with E-state index >= 15 is 0 Å². The maximum atomic E-state index is 12.3. The van der Waals surface area contributed by atoms with E-state index in [1.54, 1.807) is 17.0 Å². The van der Waals surface area contributed by atoms with Crippen molar-refractivity contribution in [2.75, 3.05) is 26.8 Å². The average molecular weight is 381 g/mol. The predicted molar refractivity (Wildman–Crippen MR) is 104 cm³/mol. The van der Waals surface area contributed by atoms with Crippen molar-refractivity contribution in [2.24, 2.45) is 0 Å². The van der Waals surface area contributed by atoms with E-state index in [0.717, 1.165) is 12.8 Å². The van der Waals surface area contributed by atoms with Crippen LogP contribution in [0.5, 0.6) is 11.5 Å². The Hall–Kier alpha value is -2.15. The first-order chi connectivity index (χ1) is 12.5. The number of carbonyl (C=O) groups is 2. The molecule has 0 unspecified atom stereocenters. The molecule has 0 bridgehead atoms. The van der Waals surface area contributed by atoms with Crippen molar-refractivity contribution >= 4 is 30.8 Å². The largest absolute Gasteiger partial charge is 0.497 e. The lowest BCUT2D eigenvalue weighted by Gasteiger charge is -2.19. The summed E-state index contributed by atoms with van der Waals surface area (Å²) >= 11 is 4.38. The van der Waals surface area contributed by atoms with Gasteiger partial charge >= 0.3 is 12.1 Å². The molecule has 0 aliphatic rings. The Morgan fingerprint density at radius 3 is 2.46 bits per heavy atom. The van der Waals surface area contributed by atoms with E-state index in [1.165, 1.54) is 19.3 Å². The van der Waals surface area contributed by atoms with E-state index in [-0.39, 0.29) is 5.75 Å². The summed E-state index contributed by atoms with van der Waals surface area (Å²) in [5, 5.41) is 0. The highest BCUT2D eigenvalue weighted by Crippen LogP contribution is 2.33. The highest BCUT2D eigenvalue weighted by atomic mass is 32.1. The van der Waals surface area contributed by atoms with Gasteiger partial charge in [-0.2, -0.15) is 0 Å². The first kappa shape index (κ1) is 21.9. The molecule has 7 heteroatoms. The number of amides is 1. The molecular formula is C19H27NO5S. The van der Waals surface area contributed by atoms with Crippen LogP contribution in [0.2, 0.25) is 0 Å². The zero-order valence-corrected chi connectivity index (χ0v) is 16.7. The van der Waals surface area contributed by atoms with Gasteiger partial charge in [-0.3, -0.25) is 0 Å². The summed E-state index contributed by atoms with van der Waals surface area (Å²) in [6.07, 6.45) is 4.11. The number of benzene rings is 1. The normalized spacial score (nSPS) is 10.7. The first-order valence-electron chi connectivity index (χ1n) is 8.69. The average Bonchev–Trinajstić information content (AvgIpc) is 2.63. The minimum Gasteiger partial charge on any atom is -0.497 e. The van der Waals surface area contributed by atoms with Crippen LogP contribution in [-0.2, 0) is 9.53 Å². The molecule has 0 N–H and O–H groups in total. The number of ether oxygens (including phenoxy) is 3. The molecule has 0 atom stereocenters. The van der Waals surface area contributed by atoms with Gasteiger partial charge in [0.15, 0.2) is 5.75 Å². The smallest absolute Gasteiger partial charge is 0.415 e. The summed E-state index contributed by atoms with van der Waals surface area (Å²) in [7, 11) is 1.52. The van der Waals surface area contributed by atoms with Gasteiger partial charge in [-0.05, 0) is 38.5 Å². The van der Waals surface area contributed by atoms with Crippen LogP contribution in [0.15, 0.2) is 23.1 Å². The minimum absolute atomic E-state index is 0.267. The molecular weight excluding hydrogens is 354 g/mol. The number of rotatable bonds is 9. The third-order valence-corrected chi connectivity index (χ3v) is 3.99. The molecule has 26 heavy (non-hydrogen) atoms. The third kappa shape index (κ3) is 6.63. The highest BCUT2D eigenvalue weighted by molar-refractivity contribution is 7.80. The van der Waals surface area contributed by atoms with E-state index in [9.17, 15) is 9.59 Å². The lowest BCUT2D eigenvalue weighted by molar-refractivity contribution is -0.137. The van der Waals surface area contributed by atoms with Gasteiger partial charge in [0.05, 0.1) is 18.6 Å². The van der Waals surface area contributed by atoms with Crippen molar-refractivity contribution in [3.8, 4) is 11.5 Å². The fraction of sp³-hybridized carbons (Fsp3) is 0.474. The van der Waals surface area contributed by atoms with Crippen molar-refractivity contribution in [1.82, 2.24) is 4.90 Å². The Morgan fingerprint density at radius 1 is 1.19 bits per heavy atom. The lowest BCUT2D eigenvalue weighted by atomic mass is 10.1. The molecule has 0 saturated carbocycles. The Bertz CT molecular complexity index is 641. The second-order valence-electron chi connectivity index (χ2n) is 5.46. The standard InChI is InChI=1S/C19H27NO5S/c1-5-8-11-24-17(21)10-9-14-12-15(23-4)13-16(26)18(14)25-19(22)20(6-2)7-3/h9-10,12-13,26H,5-8,11H2,1-4H3/b10-9+. The number of thiol groups is 1. The molecule has 1 rings (SSSR count). The van der Waals surface area contributed by atoms with Gasteiger partial charge in [0, 0.05) is 24.7 Å². The maximum Gasteiger partial charge on any atom is 0.415 e. The molecule has 144 valence electrons. The summed E-state index contributed by atoms with van der Waals surface area (Å²) in [6, 6.07) is 3.31. The van der Waals surface area contributed by atoms with E-state index in [2.05, 4.69) is 12.6 Å². The summed E-state index contributed by atoms with van der Waals surface area (Å²) in [5.74, 6) is 0.350. The van der Waals surface area contributed by atoms with Gasteiger partial charge in [-0.1, -0.05) is 13.3 Å². The molecule has 0 aromatic heterocycles. The van der Waals surface area contributed by atoms with E-state index in [0.29, 0.717) is 35.9 Å². The van der Waals surface area contributed by atoms with Crippen molar-refractivity contribution in [2.45, 2.75) is 38.5 Å². The predicted octanol–water partition coefficient (Wildman–Crippen LogP) is 4.18. The monoisotopic (exact) mass is 381 g/mol. The Balaban J connectivity index is 3.06. The molecule has 0 aliphatic carbocycles. The number of unbranched alkanes of at least 4 members (excludes halogenated alkanes) is 1. The molecule has 1 aromatic rings. The zero-order valence-electron chi connectivity index (χ0n) is 15.8. The number of hydrogen-bond donors (Lipinski definition) is 1. The van der Waals surface area contributed by atoms with E-state index in [4.69, 9.17) is 14.2 Å². The van der Waals surface area contributed by atoms with Crippen LogP contribution in [-0.4, -0.2) is 43.8 Å². The molecule has 0 spiro atoms. The van der Waals surface area contributed by atoms with Gasteiger partial charge in [-0.15, -0.1) is 12.6 Å². The van der Waals surface area contributed by atoms with Crippen molar-refractivity contribution in [3.05, 3.63) is 23.8 Å². The number of methoxy groups -OCH3 is 1. The Kier molecular flexibility index (Phi) is 9.65. The van der Waals surface area contributed by atoms with Gasteiger partial charge in [0.1, 0.15) is 5.75 Å². The SMILES string of the molecule is CCCCOC(=O)/C=C/c1cc(OC)cc(S)c1OC(=O)N(CC)CC. The molecule has 0 aliphatic heterocycles. The maximum absolute atomic E-state index is 12.3. The Labute approximate surface area is 160 Å². The molecule has 6 nitrogen and oxygen atoms in total. The highest BCUT2D eigenvalue weighted by Gasteiger charge is 2.17. The van der Waals surface area contributed by atoms with Gasteiger partial charge in [-0.25, -0.2) is 9.59 Å². The van der Waals surface area contributed by atoms with Crippen LogP contribution in [0, 0.1) is 0 Å². The van der Waals surface area contributed by atoms with Gasteiger partial charge in [0.2, 0.25) is 0 Å². The number of esters is 1. The number of carbonyl (C=O) groups excluding carboxylic acids is 2. The van der Waals surface area contributed by atoms with Crippen molar-refractivity contribution in [3.63, 3.8) is 0 Å². The van der Waals surface area contributed by atoms with Crippen LogP contribution in [0.1, 0.15) is 39.2 Å². The van der Waals surface area contributed by atoms with Gasteiger partial charge < -0.3 is 19.1 Å². The minimum atomic E-state index is -0.476. The van der Waals surface area contributed by atoms with Crippen LogP contribution in [0.25, 0.3) is 6.08 Å². The van der Waals surface area contributed by atoms with Crippen LogP contribution in [0.3, 0.4) is 0 Å². The van der Waals surface area contributed by atoms with Gasteiger partial charge in [0.25, 0.3) is 0 Å². The number of nitrogens with zero attached hydrogens (tertiary/aromatic N) is 1. The van der Waals surface area contributed by atoms with Crippen molar-refractivity contribution in [1.29, 1.82) is 0 Å². The van der Waals surface area contributed by atoms with E-state index in [1.807, 2.05) is 20.8 Å². The molecule has 0 fully saturated rings. The zero-order chi connectivity index (χ0) is 19.5. The van der Waals surface area contributed by atoms with E-state index < -0.39 is 12.1 Å². The topological polar surface area (TPSA) is 65.1 Å². The molecule has 1 aromatic carbocycles. The molecule has 0 radical (unpaired) electrons. The third-order valence-electron chi connectivity index (χ3n) is 3.66. The quantitative estimate of drug-likeness (QED) is 0.301. The summed E-state index contributed by atoms with van der Waals surface area (Å²) in [5.41, 5.74) is 0.502. The number of hydrogen-bond acceptors (Lipinski definition) is 6. The first-order valence-corrected chi connectivity index (χ1v) is 9.14. The molecule has 0 saturated heterocycles. The summed E-state index contributed by atoms with van der Waals surface area (Å²) in [4.78, 5) is 26.0. The van der Waals surface area contributed by atoms with Crippen LogP contribution >= 0.6 is 12.6 Å². The second-order valence-corrected chi connectivity index (χ2v) is 5.94. The summed E-state index contributed by atoms with van der Waals surface area (Å²) < 4.78 is 15.8. The van der Waals surface area contributed by atoms with Crippen molar-refractivity contribution < 1.29 is 23.8 Å². The molecule has 1 amide bonds. The lowest BCUT2D eigenvalue weighted by Crippen LogP contribution is -2.33. The second kappa shape index (κ2) is 11.5. The molecule has 0 heterocycles. The van der Waals surface area contributed by atoms with Crippen LogP contribution in [0.4, 0.5) is 4.79 Å². The Morgan fingerprint density at radius 2 is 1.88 bits per heavy atom. The summed E-state index contributed by atoms with van der Waals surface area (Å²) in [6.45, 7) is 7.19. The fourth-order valence-electron chi connectivity index (χ4n) is 2.12. The fourth-order valence-corrected chi connectivity index (χ4v) is 2.42.